The number of ketones is 2. The third kappa shape index (κ3) is 4.83. The van der Waals surface area contributed by atoms with Crippen LogP contribution in [0.15, 0.2) is 0 Å². The van der Waals surface area contributed by atoms with Gasteiger partial charge in [0, 0.05) is 6.54 Å². The van der Waals surface area contributed by atoms with Crippen LogP contribution in [0.25, 0.3) is 0 Å². The van der Waals surface area contributed by atoms with E-state index < -0.39 is 23.7 Å². The molecule has 0 aromatic carbocycles. The fraction of sp³-hybridized carbons (Fsp3) is 0.812. The summed E-state index contributed by atoms with van der Waals surface area (Å²) in [5, 5.41) is 0. The van der Waals surface area contributed by atoms with Crippen molar-refractivity contribution in [3.8, 4) is 0 Å². The van der Waals surface area contributed by atoms with Gasteiger partial charge in [-0.2, -0.15) is 0 Å². The molecule has 0 saturated carbocycles. The molecule has 0 radical (unpaired) electrons. The van der Waals surface area contributed by atoms with Crippen LogP contribution in [0.2, 0.25) is 0 Å². The van der Waals surface area contributed by atoms with Crippen molar-refractivity contribution >= 4 is 17.7 Å². The van der Waals surface area contributed by atoms with Gasteiger partial charge in [-0.15, -0.1) is 0 Å². The van der Waals surface area contributed by atoms with Crippen molar-refractivity contribution in [3.63, 3.8) is 0 Å². The van der Waals surface area contributed by atoms with Crippen LogP contribution in [0.5, 0.6) is 0 Å². The van der Waals surface area contributed by atoms with Gasteiger partial charge in [0.15, 0.2) is 0 Å². The lowest BCUT2D eigenvalue weighted by Crippen LogP contribution is -2.53. The standard InChI is InChI=1S/C16H27NO4/c1-10-7-8-17(15(20)21-16(4,5)6)13(9-10)14(11(2)18)12(3)19/h10,13-14H,7-9H2,1-6H3. The van der Waals surface area contributed by atoms with Crippen LogP contribution < -0.4 is 0 Å². The smallest absolute Gasteiger partial charge is 0.410 e. The molecular formula is C16H27NO4. The topological polar surface area (TPSA) is 63.7 Å². The Kier molecular flexibility index (Phi) is 5.54. The summed E-state index contributed by atoms with van der Waals surface area (Å²) in [4.78, 5) is 37.6. The first-order chi connectivity index (χ1) is 9.53. The van der Waals surface area contributed by atoms with Gasteiger partial charge in [0.25, 0.3) is 0 Å². The minimum Gasteiger partial charge on any atom is -0.444 e. The van der Waals surface area contributed by atoms with Crippen molar-refractivity contribution < 1.29 is 19.1 Å². The first-order valence-electron chi connectivity index (χ1n) is 7.53. The largest absolute Gasteiger partial charge is 0.444 e. The third-order valence-corrected chi connectivity index (χ3v) is 3.80. The highest BCUT2D eigenvalue weighted by Crippen LogP contribution is 2.30. The van der Waals surface area contributed by atoms with Crippen molar-refractivity contribution in [1.82, 2.24) is 4.90 Å². The van der Waals surface area contributed by atoms with E-state index in [1.165, 1.54) is 13.8 Å². The number of likely N-dealkylation sites (tertiary alicyclic amines) is 1. The van der Waals surface area contributed by atoms with E-state index in [2.05, 4.69) is 6.92 Å². The van der Waals surface area contributed by atoms with Crippen molar-refractivity contribution in [3.05, 3.63) is 0 Å². The Morgan fingerprint density at radius 1 is 1.14 bits per heavy atom. The number of nitrogens with zero attached hydrogens (tertiary/aromatic N) is 1. The molecule has 5 heteroatoms. The van der Waals surface area contributed by atoms with Gasteiger partial charge in [0.05, 0.1) is 12.0 Å². The summed E-state index contributed by atoms with van der Waals surface area (Å²) in [6.45, 7) is 10.9. The first-order valence-corrected chi connectivity index (χ1v) is 7.53. The molecule has 0 spiro atoms. The molecule has 1 aliphatic heterocycles. The summed E-state index contributed by atoms with van der Waals surface area (Å²) in [6.07, 6.45) is 1.08. The Morgan fingerprint density at radius 3 is 2.10 bits per heavy atom. The molecule has 1 saturated heterocycles. The Balaban J connectivity index is 3.01. The lowest BCUT2D eigenvalue weighted by atomic mass is 9.81. The van der Waals surface area contributed by atoms with Gasteiger partial charge in [0.1, 0.15) is 17.2 Å². The van der Waals surface area contributed by atoms with Gasteiger partial charge in [-0.05, 0) is 53.4 Å². The Bertz CT molecular complexity index is 410. The molecular weight excluding hydrogens is 270 g/mol. The minimum absolute atomic E-state index is 0.185. The van der Waals surface area contributed by atoms with Gasteiger partial charge in [-0.25, -0.2) is 4.79 Å². The summed E-state index contributed by atoms with van der Waals surface area (Å²) >= 11 is 0. The van der Waals surface area contributed by atoms with E-state index in [-0.39, 0.29) is 11.6 Å². The first kappa shape index (κ1) is 17.7. The van der Waals surface area contributed by atoms with Crippen molar-refractivity contribution in [2.24, 2.45) is 11.8 Å². The van der Waals surface area contributed by atoms with Crippen LogP contribution in [0.4, 0.5) is 4.79 Å². The van der Waals surface area contributed by atoms with Gasteiger partial charge in [-0.3, -0.25) is 9.59 Å². The van der Waals surface area contributed by atoms with E-state index >= 15 is 0 Å². The molecule has 0 aromatic rings. The highest BCUT2D eigenvalue weighted by molar-refractivity contribution is 6.01. The summed E-state index contributed by atoms with van der Waals surface area (Å²) in [5.41, 5.74) is -0.591. The van der Waals surface area contributed by atoms with Crippen LogP contribution in [0.1, 0.15) is 54.4 Å². The maximum absolute atomic E-state index is 12.4. The summed E-state index contributed by atoms with van der Waals surface area (Å²) in [6, 6.07) is -0.390. The van der Waals surface area contributed by atoms with E-state index in [0.29, 0.717) is 18.9 Å². The van der Waals surface area contributed by atoms with Crippen LogP contribution in [-0.4, -0.2) is 40.7 Å². The van der Waals surface area contributed by atoms with Gasteiger partial charge >= 0.3 is 6.09 Å². The predicted molar refractivity (Wildman–Crippen MR) is 80.0 cm³/mol. The zero-order valence-corrected chi connectivity index (χ0v) is 13.9. The zero-order chi connectivity index (χ0) is 16.4. The normalized spacial score (nSPS) is 23.1. The fourth-order valence-corrected chi connectivity index (χ4v) is 2.87. The number of rotatable bonds is 3. The van der Waals surface area contributed by atoms with Gasteiger partial charge in [0.2, 0.25) is 0 Å². The molecule has 0 aromatic heterocycles. The Hall–Kier alpha value is -1.39. The molecule has 1 aliphatic rings. The monoisotopic (exact) mass is 297 g/mol. The van der Waals surface area contributed by atoms with E-state index in [4.69, 9.17) is 4.74 Å². The zero-order valence-electron chi connectivity index (χ0n) is 13.9. The Morgan fingerprint density at radius 2 is 1.67 bits per heavy atom. The second-order valence-electron chi connectivity index (χ2n) is 7.07. The summed E-state index contributed by atoms with van der Waals surface area (Å²) in [7, 11) is 0. The number of carbonyl (C=O) groups excluding carboxylic acids is 3. The van der Waals surface area contributed by atoms with Gasteiger partial charge in [-0.1, -0.05) is 6.92 Å². The SMILES string of the molecule is CC(=O)C(C(C)=O)C1CC(C)CCN1C(=O)OC(C)(C)C. The average molecular weight is 297 g/mol. The Labute approximate surface area is 127 Å². The second-order valence-corrected chi connectivity index (χ2v) is 7.07. The molecule has 2 unspecified atom stereocenters. The molecule has 1 rings (SSSR count). The number of Topliss-reactive ketones (excluding diaryl/α,β-unsaturated/α-hetero) is 2. The van der Waals surface area contributed by atoms with E-state index in [9.17, 15) is 14.4 Å². The summed E-state index contributed by atoms with van der Waals surface area (Å²) in [5.74, 6) is -0.736. The third-order valence-electron chi connectivity index (χ3n) is 3.80. The molecule has 0 N–H and O–H groups in total. The van der Waals surface area contributed by atoms with Crippen molar-refractivity contribution in [1.29, 1.82) is 0 Å². The average Bonchev–Trinajstić information content (AvgIpc) is 2.25. The molecule has 1 amide bonds. The van der Waals surface area contributed by atoms with E-state index in [0.717, 1.165) is 6.42 Å². The maximum atomic E-state index is 12.4. The minimum atomic E-state index is -0.750. The predicted octanol–water partition coefficient (Wildman–Crippen LogP) is 2.82. The lowest BCUT2D eigenvalue weighted by Gasteiger charge is -2.41. The molecule has 2 atom stereocenters. The summed E-state index contributed by atoms with van der Waals surface area (Å²) < 4.78 is 5.42. The van der Waals surface area contributed by atoms with Crippen LogP contribution in [-0.2, 0) is 14.3 Å². The number of hydrogen-bond donors (Lipinski definition) is 0. The quantitative estimate of drug-likeness (QED) is 0.751. The van der Waals surface area contributed by atoms with Crippen LogP contribution in [0.3, 0.4) is 0 Å². The van der Waals surface area contributed by atoms with Crippen LogP contribution >= 0.6 is 0 Å². The van der Waals surface area contributed by atoms with Crippen LogP contribution in [0, 0.1) is 11.8 Å². The molecule has 0 bridgehead atoms. The molecule has 5 nitrogen and oxygen atoms in total. The van der Waals surface area contributed by atoms with Gasteiger partial charge < -0.3 is 9.64 Å². The van der Waals surface area contributed by atoms with E-state index in [1.807, 2.05) is 0 Å². The highest BCUT2D eigenvalue weighted by Gasteiger charge is 2.41. The van der Waals surface area contributed by atoms with Crippen molar-refractivity contribution in [2.75, 3.05) is 6.54 Å². The highest BCUT2D eigenvalue weighted by atomic mass is 16.6. The number of piperidine rings is 1. The lowest BCUT2D eigenvalue weighted by molar-refractivity contribution is -0.134. The molecule has 21 heavy (non-hydrogen) atoms. The molecule has 0 aliphatic carbocycles. The second kappa shape index (κ2) is 6.58. The van der Waals surface area contributed by atoms with Crippen molar-refractivity contribution in [2.45, 2.75) is 66.0 Å². The van der Waals surface area contributed by atoms with E-state index in [1.54, 1.807) is 25.7 Å². The number of amides is 1. The fourth-order valence-electron chi connectivity index (χ4n) is 2.87. The number of carbonyl (C=O) groups is 3. The number of hydrogen-bond acceptors (Lipinski definition) is 4. The maximum Gasteiger partial charge on any atom is 0.410 e. The molecule has 1 fully saturated rings. The number of ether oxygens (including phenoxy) is 1. The molecule has 1 heterocycles. The molecule has 120 valence electrons.